The second-order valence-electron chi connectivity index (χ2n) is 2.01. The Kier molecular flexibility index (Phi) is 5.38. The number of hydrogen-bond acceptors (Lipinski definition) is 3. The minimum Gasteiger partial charge on any atom is -0.483 e. The highest BCUT2D eigenvalue weighted by atomic mass is 16.3. The van der Waals surface area contributed by atoms with Crippen molar-refractivity contribution in [2.45, 2.75) is 6.61 Å². The van der Waals surface area contributed by atoms with E-state index in [1.165, 1.54) is 0 Å². The van der Waals surface area contributed by atoms with Crippen LogP contribution in [-0.2, 0) is 11.4 Å². The molecule has 1 aromatic carbocycles. The maximum atomic E-state index is 8.59. The van der Waals surface area contributed by atoms with Gasteiger partial charge < -0.3 is 15.9 Å². The third-order valence-electron chi connectivity index (χ3n) is 1.16. The summed E-state index contributed by atoms with van der Waals surface area (Å²) in [6.45, 7) is -0.166. The minimum atomic E-state index is -0.250. The van der Waals surface area contributed by atoms with Gasteiger partial charge in [0.15, 0.2) is 0 Å². The van der Waals surface area contributed by atoms with E-state index in [0.717, 1.165) is 11.3 Å². The molecule has 0 saturated heterocycles. The van der Waals surface area contributed by atoms with Crippen molar-refractivity contribution >= 4 is 12.2 Å². The summed E-state index contributed by atoms with van der Waals surface area (Å²) in [6, 6.07) is 7.14. The fourth-order valence-corrected chi connectivity index (χ4v) is 0.623. The third-order valence-corrected chi connectivity index (χ3v) is 1.16. The van der Waals surface area contributed by atoms with Crippen molar-refractivity contribution in [3.05, 3.63) is 29.8 Å². The molecule has 12 heavy (non-hydrogen) atoms. The SMILES string of the molecule is Nc1ccc(CO)cc1.O=CO. The van der Waals surface area contributed by atoms with E-state index in [1.807, 2.05) is 0 Å². The lowest BCUT2D eigenvalue weighted by atomic mass is 10.2. The Morgan fingerprint density at radius 3 is 2.08 bits per heavy atom. The van der Waals surface area contributed by atoms with Crippen molar-refractivity contribution in [1.82, 2.24) is 0 Å². The van der Waals surface area contributed by atoms with Crippen LogP contribution < -0.4 is 5.73 Å². The van der Waals surface area contributed by atoms with Crippen LogP contribution in [-0.4, -0.2) is 16.7 Å². The van der Waals surface area contributed by atoms with Crippen molar-refractivity contribution in [1.29, 1.82) is 0 Å². The molecule has 0 radical (unpaired) electrons. The number of anilines is 1. The molecule has 0 unspecified atom stereocenters. The van der Waals surface area contributed by atoms with Crippen LogP contribution in [0.15, 0.2) is 24.3 Å². The first-order valence-corrected chi connectivity index (χ1v) is 3.27. The van der Waals surface area contributed by atoms with Gasteiger partial charge >= 0.3 is 0 Å². The summed E-state index contributed by atoms with van der Waals surface area (Å²) in [5, 5.41) is 15.5. The first-order chi connectivity index (χ1) is 5.74. The number of nitrogen functional groups attached to an aromatic ring is 1. The molecule has 0 aliphatic heterocycles. The molecule has 0 heterocycles. The Morgan fingerprint density at radius 1 is 1.33 bits per heavy atom. The van der Waals surface area contributed by atoms with E-state index >= 15 is 0 Å². The van der Waals surface area contributed by atoms with Gasteiger partial charge in [-0.05, 0) is 17.7 Å². The van der Waals surface area contributed by atoms with Crippen LogP contribution in [0, 0.1) is 0 Å². The molecular weight excluding hydrogens is 158 g/mol. The summed E-state index contributed by atoms with van der Waals surface area (Å²) >= 11 is 0. The number of rotatable bonds is 1. The number of carbonyl (C=O) groups is 1. The first kappa shape index (κ1) is 10.4. The Morgan fingerprint density at radius 2 is 1.75 bits per heavy atom. The van der Waals surface area contributed by atoms with Gasteiger partial charge in [-0.25, -0.2) is 0 Å². The van der Waals surface area contributed by atoms with Crippen LogP contribution in [0.5, 0.6) is 0 Å². The quantitative estimate of drug-likeness (QED) is 0.421. The van der Waals surface area contributed by atoms with Crippen LogP contribution in [0.2, 0.25) is 0 Å². The largest absolute Gasteiger partial charge is 0.483 e. The Balaban J connectivity index is 0.000000354. The van der Waals surface area contributed by atoms with Gasteiger partial charge in [0, 0.05) is 5.69 Å². The molecule has 1 rings (SSSR count). The summed E-state index contributed by atoms with van der Waals surface area (Å²) in [7, 11) is 0. The molecule has 0 amide bonds. The zero-order valence-electron chi connectivity index (χ0n) is 6.47. The van der Waals surface area contributed by atoms with Gasteiger partial charge in [0.1, 0.15) is 0 Å². The molecule has 4 nitrogen and oxygen atoms in total. The zero-order valence-corrected chi connectivity index (χ0v) is 6.47. The van der Waals surface area contributed by atoms with Crippen molar-refractivity contribution in [3.8, 4) is 0 Å². The summed E-state index contributed by atoms with van der Waals surface area (Å²) in [5.41, 5.74) is 7.02. The summed E-state index contributed by atoms with van der Waals surface area (Å²) in [4.78, 5) is 8.36. The fraction of sp³-hybridized carbons (Fsp3) is 0.125. The molecule has 0 spiro atoms. The fourth-order valence-electron chi connectivity index (χ4n) is 0.623. The van der Waals surface area contributed by atoms with Crippen molar-refractivity contribution in [2.24, 2.45) is 0 Å². The van der Waals surface area contributed by atoms with Crippen LogP contribution in [0.3, 0.4) is 0 Å². The van der Waals surface area contributed by atoms with Gasteiger partial charge in [-0.3, -0.25) is 4.79 Å². The summed E-state index contributed by atoms with van der Waals surface area (Å²) in [6.07, 6.45) is 0. The van der Waals surface area contributed by atoms with E-state index in [2.05, 4.69) is 0 Å². The number of benzene rings is 1. The van der Waals surface area contributed by atoms with E-state index in [-0.39, 0.29) is 13.1 Å². The molecule has 0 bridgehead atoms. The van der Waals surface area contributed by atoms with Crippen molar-refractivity contribution in [3.63, 3.8) is 0 Å². The predicted octanol–water partition coefficient (Wildman–Crippen LogP) is 0.462. The maximum Gasteiger partial charge on any atom is 0.290 e. The smallest absolute Gasteiger partial charge is 0.290 e. The first-order valence-electron chi connectivity index (χ1n) is 3.27. The molecule has 4 N–H and O–H groups in total. The van der Waals surface area contributed by atoms with Gasteiger partial charge in [-0.2, -0.15) is 0 Å². The summed E-state index contributed by atoms with van der Waals surface area (Å²) in [5.74, 6) is 0. The third kappa shape index (κ3) is 4.29. The summed E-state index contributed by atoms with van der Waals surface area (Å²) < 4.78 is 0. The second kappa shape index (κ2) is 6.18. The molecule has 1 aromatic rings. The number of hydrogen-bond donors (Lipinski definition) is 3. The molecule has 0 saturated carbocycles. The van der Waals surface area contributed by atoms with Crippen LogP contribution in [0.25, 0.3) is 0 Å². The highest BCUT2D eigenvalue weighted by Crippen LogP contribution is 2.03. The monoisotopic (exact) mass is 169 g/mol. The molecule has 0 aliphatic rings. The second-order valence-corrected chi connectivity index (χ2v) is 2.01. The van der Waals surface area contributed by atoms with Crippen molar-refractivity contribution in [2.75, 3.05) is 5.73 Å². The lowest BCUT2D eigenvalue weighted by Gasteiger charge is -1.94. The molecule has 66 valence electrons. The Labute approximate surface area is 70.3 Å². The number of aliphatic hydroxyl groups excluding tert-OH is 1. The lowest BCUT2D eigenvalue weighted by Crippen LogP contribution is -1.85. The Bertz CT molecular complexity index is 220. The van der Waals surface area contributed by atoms with Gasteiger partial charge in [0.25, 0.3) is 6.47 Å². The average Bonchev–Trinajstić information content (AvgIpc) is 2.07. The normalized spacial score (nSPS) is 8.08. The predicted molar refractivity (Wildman–Crippen MR) is 45.5 cm³/mol. The molecule has 0 fully saturated rings. The standard InChI is InChI=1S/C7H9NO.CH2O2/c8-7-3-1-6(5-9)2-4-7;2-1-3/h1-4,9H,5,8H2;1H,(H,2,3). The van der Waals surface area contributed by atoms with Crippen LogP contribution in [0.4, 0.5) is 5.69 Å². The van der Waals surface area contributed by atoms with E-state index in [9.17, 15) is 0 Å². The van der Waals surface area contributed by atoms with Crippen LogP contribution in [0.1, 0.15) is 5.56 Å². The van der Waals surface area contributed by atoms with Gasteiger partial charge in [0.05, 0.1) is 6.61 Å². The minimum absolute atomic E-state index is 0.0836. The molecule has 0 aliphatic carbocycles. The maximum absolute atomic E-state index is 8.59. The number of aliphatic hydroxyl groups is 1. The molecule has 0 aromatic heterocycles. The van der Waals surface area contributed by atoms with E-state index in [4.69, 9.17) is 20.7 Å². The highest BCUT2D eigenvalue weighted by Gasteiger charge is 1.86. The zero-order chi connectivity index (χ0) is 9.40. The molecule has 0 atom stereocenters. The van der Waals surface area contributed by atoms with Gasteiger partial charge in [-0.1, -0.05) is 12.1 Å². The van der Waals surface area contributed by atoms with Crippen LogP contribution >= 0.6 is 0 Å². The Hall–Kier alpha value is -1.55. The van der Waals surface area contributed by atoms with Gasteiger partial charge in [0.2, 0.25) is 0 Å². The topological polar surface area (TPSA) is 83.5 Å². The lowest BCUT2D eigenvalue weighted by molar-refractivity contribution is -0.122. The molecule has 4 heteroatoms. The number of carboxylic acid groups (broad SMARTS) is 1. The van der Waals surface area contributed by atoms with E-state index in [0.29, 0.717) is 0 Å². The van der Waals surface area contributed by atoms with Gasteiger partial charge in [-0.15, -0.1) is 0 Å². The average molecular weight is 169 g/mol. The highest BCUT2D eigenvalue weighted by molar-refractivity contribution is 5.38. The van der Waals surface area contributed by atoms with E-state index in [1.54, 1.807) is 24.3 Å². The number of nitrogens with two attached hydrogens (primary N) is 1. The van der Waals surface area contributed by atoms with Crippen molar-refractivity contribution < 1.29 is 15.0 Å². The molecular formula is C8H11NO3. The van der Waals surface area contributed by atoms with E-state index < -0.39 is 0 Å².